The molecule has 0 aliphatic heterocycles. The highest BCUT2D eigenvalue weighted by atomic mass is 32.2. The van der Waals surface area contributed by atoms with Crippen molar-refractivity contribution in [3.8, 4) is 0 Å². The van der Waals surface area contributed by atoms with Crippen molar-refractivity contribution in [1.29, 1.82) is 0 Å². The van der Waals surface area contributed by atoms with Crippen molar-refractivity contribution in [2.24, 2.45) is 0 Å². The molecule has 104 valence electrons. The smallest absolute Gasteiger partial charge is 0.269 e. The number of hydrogen-bond acceptors (Lipinski definition) is 6. The standard InChI is InChI=1S/C12H12N4O3S/c1-7-4-9(16(18)19)3-2-8(7)6-20-12-14-10(13)5-11(17)15-12/h2-5H,6H2,1H3,(H3,13,14,15,17). The van der Waals surface area contributed by atoms with Crippen LogP contribution in [-0.2, 0) is 5.75 Å². The number of nitrogens with zero attached hydrogens (tertiary/aromatic N) is 2. The highest BCUT2D eigenvalue weighted by molar-refractivity contribution is 7.98. The van der Waals surface area contributed by atoms with Gasteiger partial charge in [0.2, 0.25) is 0 Å². The van der Waals surface area contributed by atoms with Crippen LogP contribution in [0.4, 0.5) is 11.5 Å². The Morgan fingerprint density at radius 2 is 2.20 bits per heavy atom. The summed E-state index contributed by atoms with van der Waals surface area (Å²) in [4.78, 5) is 28.0. The third kappa shape index (κ3) is 3.35. The fourth-order valence-electron chi connectivity index (χ4n) is 1.62. The van der Waals surface area contributed by atoms with Crippen LogP contribution in [0.15, 0.2) is 34.2 Å². The molecule has 0 fully saturated rings. The van der Waals surface area contributed by atoms with Gasteiger partial charge in [-0.3, -0.25) is 14.9 Å². The largest absolute Gasteiger partial charge is 0.383 e. The summed E-state index contributed by atoms with van der Waals surface area (Å²) in [6, 6.07) is 5.88. The van der Waals surface area contributed by atoms with Crippen molar-refractivity contribution in [2.45, 2.75) is 17.8 Å². The maximum absolute atomic E-state index is 11.2. The first-order valence-corrected chi connectivity index (χ1v) is 6.68. The van der Waals surface area contributed by atoms with Gasteiger partial charge in [0.25, 0.3) is 11.2 Å². The second-order valence-electron chi connectivity index (χ2n) is 4.13. The number of non-ortho nitro benzene ring substituents is 1. The van der Waals surface area contributed by atoms with Crippen molar-refractivity contribution in [3.63, 3.8) is 0 Å². The number of thioether (sulfide) groups is 1. The van der Waals surface area contributed by atoms with Gasteiger partial charge >= 0.3 is 0 Å². The highest BCUT2D eigenvalue weighted by Crippen LogP contribution is 2.24. The Hall–Kier alpha value is -2.35. The second kappa shape index (κ2) is 5.74. The fraction of sp³-hybridized carbons (Fsp3) is 0.167. The summed E-state index contributed by atoms with van der Waals surface area (Å²) in [6.45, 7) is 1.80. The molecule has 0 aliphatic carbocycles. The van der Waals surface area contributed by atoms with Crippen molar-refractivity contribution in [1.82, 2.24) is 9.97 Å². The van der Waals surface area contributed by atoms with E-state index in [0.29, 0.717) is 10.9 Å². The first-order valence-electron chi connectivity index (χ1n) is 5.69. The number of aromatic amines is 1. The third-order valence-electron chi connectivity index (χ3n) is 2.64. The number of nitrogens with two attached hydrogens (primary N) is 1. The van der Waals surface area contributed by atoms with Crippen molar-refractivity contribution >= 4 is 23.3 Å². The van der Waals surface area contributed by atoms with E-state index in [1.54, 1.807) is 13.0 Å². The number of aromatic nitrogens is 2. The predicted molar refractivity (Wildman–Crippen MR) is 76.7 cm³/mol. The Morgan fingerprint density at radius 3 is 2.80 bits per heavy atom. The molecule has 8 heteroatoms. The summed E-state index contributed by atoms with van der Waals surface area (Å²) in [5, 5.41) is 11.1. The van der Waals surface area contributed by atoms with Gasteiger partial charge in [-0.1, -0.05) is 17.8 Å². The summed E-state index contributed by atoms with van der Waals surface area (Å²) >= 11 is 1.31. The molecular weight excluding hydrogens is 280 g/mol. The molecule has 1 heterocycles. The van der Waals surface area contributed by atoms with E-state index < -0.39 is 4.92 Å². The summed E-state index contributed by atoms with van der Waals surface area (Å²) in [5.41, 5.74) is 7.00. The number of hydrogen-bond donors (Lipinski definition) is 2. The van der Waals surface area contributed by atoms with Gasteiger partial charge in [0.05, 0.1) is 4.92 Å². The monoisotopic (exact) mass is 292 g/mol. The van der Waals surface area contributed by atoms with Gasteiger partial charge in [-0.25, -0.2) is 4.98 Å². The van der Waals surface area contributed by atoms with Crippen LogP contribution in [-0.4, -0.2) is 14.9 Å². The molecule has 2 aromatic rings. The zero-order valence-corrected chi connectivity index (χ0v) is 11.4. The first-order chi connectivity index (χ1) is 9.45. The molecule has 20 heavy (non-hydrogen) atoms. The molecule has 3 N–H and O–H groups in total. The molecule has 7 nitrogen and oxygen atoms in total. The number of nitrogen functional groups attached to an aromatic ring is 1. The van der Waals surface area contributed by atoms with Crippen molar-refractivity contribution < 1.29 is 4.92 Å². The lowest BCUT2D eigenvalue weighted by Crippen LogP contribution is -2.09. The Kier molecular flexibility index (Phi) is 4.04. The average molecular weight is 292 g/mol. The van der Waals surface area contributed by atoms with Gasteiger partial charge in [-0.2, -0.15) is 0 Å². The lowest BCUT2D eigenvalue weighted by Gasteiger charge is -2.05. The molecule has 1 aromatic heterocycles. The zero-order chi connectivity index (χ0) is 14.7. The number of H-pyrrole nitrogens is 1. The van der Waals surface area contributed by atoms with Crippen LogP contribution in [0, 0.1) is 17.0 Å². The van der Waals surface area contributed by atoms with E-state index in [4.69, 9.17) is 5.73 Å². The van der Waals surface area contributed by atoms with Crippen LogP contribution < -0.4 is 11.3 Å². The molecule has 0 bridgehead atoms. The van der Waals surface area contributed by atoms with Crippen molar-refractivity contribution in [3.05, 3.63) is 55.9 Å². The van der Waals surface area contributed by atoms with E-state index in [1.807, 2.05) is 0 Å². The summed E-state index contributed by atoms with van der Waals surface area (Å²) in [7, 11) is 0. The van der Waals surface area contributed by atoms with E-state index in [9.17, 15) is 14.9 Å². The molecule has 0 atom stereocenters. The number of aryl methyl sites for hydroxylation is 1. The van der Waals surface area contributed by atoms with Gasteiger partial charge < -0.3 is 10.7 Å². The van der Waals surface area contributed by atoms with Crippen LogP contribution in [0.2, 0.25) is 0 Å². The SMILES string of the molecule is Cc1cc([N+](=O)[O-])ccc1CSc1nc(N)cc(=O)[nH]1. The van der Waals surface area contributed by atoms with Gasteiger partial charge in [0.15, 0.2) is 5.16 Å². The molecule has 2 rings (SSSR count). The fourth-order valence-corrected chi connectivity index (χ4v) is 2.58. The molecule has 0 amide bonds. The van der Waals surface area contributed by atoms with Crippen LogP contribution in [0.25, 0.3) is 0 Å². The van der Waals surface area contributed by atoms with Gasteiger partial charge in [-0.05, 0) is 18.1 Å². The maximum Gasteiger partial charge on any atom is 0.269 e. The number of anilines is 1. The quantitative estimate of drug-likeness (QED) is 0.384. The minimum atomic E-state index is -0.430. The molecule has 0 radical (unpaired) electrons. The molecule has 0 unspecified atom stereocenters. The van der Waals surface area contributed by atoms with Crippen molar-refractivity contribution in [2.75, 3.05) is 5.73 Å². The second-order valence-corrected chi connectivity index (χ2v) is 5.10. The topological polar surface area (TPSA) is 115 Å². The maximum atomic E-state index is 11.2. The van der Waals surface area contributed by atoms with Crippen LogP contribution in [0.5, 0.6) is 0 Å². The van der Waals surface area contributed by atoms with Gasteiger partial charge in [-0.15, -0.1) is 0 Å². The van der Waals surface area contributed by atoms with E-state index in [0.717, 1.165) is 11.1 Å². The first kappa shape index (κ1) is 14.1. The average Bonchev–Trinajstić information content (AvgIpc) is 2.36. The summed E-state index contributed by atoms with van der Waals surface area (Å²) < 4.78 is 0. The normalized spacial score (nSPS) is 10.4. The predicted octanol–water partition coefficient (Wildman–Crippen LogP) is 1.86. The third-order valence-corrected chi connectivity index (χ3v) is 3.56. The van der Waals surface area contributed by atoms with Gasteiger partial charge in [0.1, 0.15) is 5.82 Å². The Balaban J connectivity index is 2.14. The van der Waals surface area contributed by atoms with E-state index in [-0.39, 0.29) is 17.1 Å². The molecule has 0 aliphatic rings. The molecule has 1 aromatic carbocycles. The number of nitrogens with one attached hydrogen (secondary N) is 1. The molecule has 0 saturated carbocycles. The van der Waals surface area contributed by atoms with Crippen LogP contribution in [0.1, 0.15) is 11.1 Å². The summed E-state index contributed by atoms with van der Waals surface area (Å²) in [5.74, 6) is 0.702. The lowest BCUT2D eigenvalue weighted by atomic mass is 10.1. The van der Waals surface area contributed by atoms with Crippen LogP contribution in [0.3, 0.4) is 0 Å². The Morgan fingerprint density at radius 1 is 1.45 bits per heavy atom. The van der Waals surface area contributed by atoms with Gasteiger partial charge in [0, 0.05) is 24.0 Å². The summed E-state index contributed by atoms with van der Waals surface area (Å²) in [6.07, 6.45) is 0. The van der Waals surface area contributed by atoms with E-state index in [1.165, 1.54) is 30.0 Å². The molecule has 0 saturated heterocycles. The lowest BCUT2D eigenvalue weighted by molar-refractivity contribution is -0.384. The number of nitro groups is 1. The molecule has 0 spiro atoms. The Labute approximate surface area is 118 Å². The van der Waals surface area contributed by atoms with E-state index in [2.05, 4.69) is 9.97 Å². The number of rotatable bonds is 4. The highest BCUT2D eigenvalue weighted by Gasteiger charge is 2.09. The van der Waals surface area contributed by atoms with Crippen LogP contribution >= 0.6 is 11.8 Å². The minimum absolute atomic E-state index is 0.0618. The number of nitro benzene ring substituents is 1. The number of benzene rings is 1. The molecular formula is C12H12N4O3S. The zero-order valence-electron chi connectivity index (χ0n) is 10.6. The minimum Gasteiger partial charge on any atom is -0.383 e. The Bertz CT molecular complexity index is 714. The van der Waals surface area contributed by atoms with E-state index >= 15 is 0 Å².